The molecule has 4 aliphatic heterocycles. The van der Waals surface area contributed by atoms with E-state index < -0.39 is 5.41 Å². The molecule has 3 saturated heterocycles. The van der Waals surface area contributed by atoms with Crippen molar-refractivity contribution >= 4 is 27.8 Å². The summed E-state index contributed by atoms with van der Waals surface area (Å²) in [5.74, 6) is 2.33. The number of para-hydroxylation sites is 1. The highest BCUT2D eigenvalue weighted by atomic mass is 16.5. The molecule has 50 heavy (non-hydrogen) atoms. The number of aromatic amines is 2. The summed E-state index contributed by atoms with van der Waals surface area (Å²) in [5, 5.41) is 13.8. The van der Waals surface area contributed by atoms with Crippen molar-refractivity contribution in [2.75, 3.05) is 47.5 Å². The van der Waals surface area contributed by atoms with Gasteiger partial charge < -0.3 is 24.5 Å². The molecule has 10 rings (SSSR count). The molecule has 0 radical (unpaired) electrons. The van der Waals surface area contributed by atoms with E-state index in [1.165, 1.54) is 77.3 Å². The van der Waals surface area contributed by atoms with Gasteiger partial charge in [-0.25, -0.2) is 0 Å². The number of aliphatic hydroxyl groups excluding tert-OH is 1. The minimum Gasteiger partial charge on any atom is -0.496 e. The summed E-state index contributed by atoms with van der Waals surface area (Å²) in [5.41, 5.74) is 8.77. The largest absolute Gasteiger partial charge is 0.496 e. The third-order valence-corrected chi connectivity index (χ3v) is 14.1. The normalized spacial score (nSPS) is 34.2. The number of hydrogen-bond donors (Lipinski definition) is 3. The van der Waals surface area contributed by atoms with E-state index in [1.807, 2.05) is 0 Å². The lowest BCUT2D eigenvalue weighted by molar-refractivity contribution is -0.169. The number of H-pyrrole nitrogens is 2. The third-order valence-electron chi connectivity index (χ3n) is 14.1. The Balaban J connectivity index is 1.25. The number of likely N-dealkylation sites (tertiary alicyclic amines) is 1. The molecule has 0 amide bonds. The molecule has 9 atom stereocenters. The Bertz CT molecular complexity index is 2010. The average molecular weight is 677 g/mol. The number of piperidine rings is 3. The van der Waals surface area contributed by atoms with Gasteiger partial charge in [-0.15, -0.1) is 0 Å². The second-order valence-corrected chi connectivity index (χ2v) is 16.1. The van der Waals surface area contributed by atoms with Crippen LogP contribution in [0.1, 0.15) is 79.4 Å². The van der Waals surface area contributed by atoms with Crippen LogP contribution in [-0.2, 0) is 22.4 Å². The van der Waals surface area contributed by atoms with Gasteiger partial charge in [-0.2, -0.15) is 0 Å². The molecule has 2 aliphatic carbocycles. The fourth-order valence-corrected chi connectivity index (χ4v) is 12.0. The molecule has 0 spiro atoms. The number of nitrogens with zero attached hydrogens (tertiary/aromatic N) is 2. The van der Waals surface area contributed by atoms with E-state index in [1.54, 1.807) is 7.11 Å². The van der Waals surface area contributed by atoms with Gasteiger partial charge in [-0.1, -0.05) is 43.2 Å². The van der Waals surface area contributed by atoms with E-state index in [0.29, 0.717) is 24.8 Å². The summed E-state index contributed by atoms with van der Waals surface area (Å²) in [7, 11) is 5.34. The number of aromatic nitrogens is 2. The summed E-state index contributed by atoms with van der Waals surface area (Å²) < 4.78 is 11.9. The van der Waals surface area contributed by atoms with Crippen LogP contribution >= 0.6 is 0 Å². The van der Waals surface area contributed by atoms with Crippen LogP contribution in [0.4, 0.5) is 0 Å². The summed E-state index contributed by atoms with van der Waals surface area (Å²) >= 11 is 0. The van der Waals surface area contributed by atoms with Crippen LogP contribution < -0.4 is 4.74 Å². The third kappa shape index (κ3) is 4.43. The van der Waals surface area contributed by atoms with Crippen molar-refractivity contribution in [1.82, 2.24) is 19.8 Å². The first-order valence-corrected chi connectivity index (χ1v) is 18.9. The number of carbonyl (C=O) groups excluding carboxylic acids is 1. The first kappa shape index (κ1) is 32.3. The number of hydrogen-bond acceptors (Lipinski definition) is 6. The van der Waals surface area contributed by atoms with Gasteiger partial charge in [0.05, 0.1) is 20.8 Å². The van der Waals surface area contributed by atoms with Crippen LogP contribution in [0.2, 0.25) is 0 Å². The summed E-state index contributed by atoms with van der Waals surface area (Å²) in [6.07, 6.45) is 8.39. The van der Waals surface area contributed by atoms with E-state index >= 15 is 0 Å². The van der Waals surface area contributed by atoms with Crippen molar-refractivity contribution < 1.29 is 19.4 Å². The van der Waals surface area contributed by atoms with E-state index in [-0.39, 0.29) is 30.5 Å². The molecule has 264 valence electrons. The minimum absolute atomic E-state index is 0.106. The van der Waals surface area contributed by atoms with E-state index in [9.17, 15) is 9.90 Å². The SMILES string of the molecule is C/C=C1/CN(C)[C@H]2Cc3c([nH]c4ccccc34)[C@H](c3cc4[nH]c5c(c4cc3OC)CCN3C[C@H]4C[C@@H](CC)[C@H]3[C@@H]5C4)C[C@H]1[C@]2(CO)C(=O)OC. The number of rotatable bonds is 5. The molecule has 8 heteroatoms. The fraction of sp³-hybridized carbons (Fsp3) is 0.548. The van der Waals surface area contributed by atoms with Gasteiger partial charge in [-0.05, 0) is 87.2 Å². The average Bonchev–Trinajstić information content (AvgIpc) is 3.66. The molecule has 2 aromatic heterocycles. The molecule has 2 aromatic carbocycles. The first-order valence-electron chi connectivity index (χ1n) is 18.9. The zero-order valence-electron chi connectivity index (χ0n) is 30.2. The standard InChI is InChI=1S/C42H52N4O4/c1-6-24-14-23-15-32-38-27(12-13-46(20-23)40(24)32)28-18-36(49-4)29(17-35(28)44-38)30-16-33-25(7-2)21-45(3)37(42(33,22-47)41(48)50-5)19-31-26-10-8-9-11-34(26)43-39(30)31/h7-11,17-18,23-24,30,32-33,37,40,43-44,47H,6,12-16,19-22H2,1-5H3/b25-7-/t23-,24+,30-,32+,33+,37-,40-,42-/m0/s1. The maximum absolute atomic E-state index is 14.1. The molecule has 4 fully saturated rings. The van der Waals surface area contributed by atoms with Crippen molar-refractivity contribution in [3.05, 3.63) is 76.1 Å². The molecule has 1 unspecified atom stereocenters. The van der Waals surface area contributed by atoms with Gasteiger partial charge in [0.1, 0.15) is 11.2 Å². The van der Waals surface area contributed by atoms with Crippen molar-refractivity contribution in [2.24, 2.45) is 23.2 Å². The number of benzene rings is 2. The number of allylic oxidation sites excluding steroid dienone is 1. The van der Waals surface area contributed by atoms with Gasteiger partial charge in [-0.3, -0.25) is 14.6 Å². The number of carbonyl (C=O) groups is 1. The Labute approximate surface area is 295 Å². The van der Waals surface area contributed by atoms with Crippen LogP contribution in [-0.4, -0.2) is 90.4 Å². The number of likely N-dealkylation sites (N-methyl/N-ethyl adjacent to an activating group) is 1. The highest BCUT2D eigenvalue weighted by molar-refractivity contribution is 5.89. The Morgan fingerprint density at radius 1 is 1.06 bits per heavy atom. The molecule has 4 aromatic rings. The van der Waals surface area contributed by atoms with Crippen molar-refractivity contribution in [3.63, 3.8) is 0 Å². The Morgan fingerprint density at radius 2 is 1.88 bits per heavy atom. The quantitative estimate of drug-likeness (QED) is 0.165. The van der Waals surface area contributed by atoms with Gasteiger partial charge in [0, 0.05) is 88.2 Å². The molecule has 6 aliphatic rings. The second kappa shape index (κ2) is 12.0. The number of fused-ring (bicyclic) bond motifs is 9. The van der Waals surface area contributed by atoms with Gasteiger partial charge >= 0.3 is 5.97 Å². The molecular formula is C42H52N4O4. The Morgan fingerprint density at radius 3 is 2.64 bits per heavy atom. The second-order valence-electron chi connectivity index (χ2n) is 16.1. The topological polar surface area (TPSA) is 93.8 Å². The predicted octanol–water partition coefficient (Wildman–Crippen LogP) is 6.52. The number of nitrogens with one attached hydrogen (secondary N) is 2. The lowest BCUT2D eigenvalue weighted by atomic mass is 9.58. The fourth-order valence-electron chi connectivity index (χ4n) is 12.0. The van der Waals surface area contributed by atoms with Gasteiger partial charge in [0.15, 0.2) is 0 Å². The van der Waals surface area contributed by atoms with E-state index in [4.69, 9.17) is 9.47 Å². The maximum atomic E-state index is 14.1. The number of aliphatic hydroxyl groups is 1. The molecular weight excluding hydrogens is 624 g/mol. The van der Waals surface area contributed by atoms with Crippen molar-refractivity contribution in [3.8, 4) is 5.75 Å². The molecule has 6 bridgehead atoms. The summed E-state index contributed by atoms with van der Waals surface area (Å²) in [6.45, 7) is 7.29. The van der Waals surface area contributed by atoms with Crippen LogP contribution in [0.25, 0.3) is 21.8 Å². The Hall–Kier alpha value is -3.59. The van der Waals surface area contributed by atoms with Crippen LogP contribution in [0, 0.1) is 23.2 Å². The van der Waals surface area contributed by atoms with E-state index in [0.717, 1.165) is 48.2 Å². The van der Waals surface area contributed by atoms with Gasteiger partial charge in [0.25, 0.3) is 0 Å². The lowest BCUT2D eigenvalue weighted by Crippen LogP contribution is -2.63. The number of ether oxygens (including phenoxy) is 2. The zero-order valence-corrected chi connectivity index (χ0v) is 30.2. The smallest absolute Gasteiger partial charge is 0.316 e. The van der Waals surface area contributed by atoms with Crippen LogP contribution in [0.5, 0.6) is 5.75 Å². The molecule has 3 N–H and O–H groups in total. The van der Waals surface area contributed by atoms with Gasteiger partial charge in [0.2, 0.25) is 0 Å². The zero-order chi connectivity index (χ0) is 34.5. The Kier molecular flexibility index (Phi) is 7.75. The minimum atomic E-state index is -1.11. The monoisotopic (exact) mass is 676 g/mol. The highest BCUT2D eigenvalue weighted by Crippen LogP contribution is 2.55. The van der Waals surface area contributed by atoms with Crippen molar-refractivity contribution in [1.29, 1.82) is 0 Å². The highest BCUT2D eigenvalue weighted by Gasteiger charge is 2.59. The lowest BCUT2D eigenvalue weighted by Gasteiger charge is -2.53. The van der Waals surface area contributed by atoms with E-state index in [2.05, 4.69) is 83.1 Å². The van der Waals surface area contributed by atoms with Crippen LogP contribution in [0.15, 0.2) is 48.0 Å². The first-order chi connectivity index (χ1) is 24.3. The summed E-state index contributed by atoms with van der Waals surface area (Å²) in [4.78, 5) is 27.1. The van der Waals surface area contributed by atoms with Crippen LogP contribution in [0.3, 0.4) is 0 Å². The summed E-state index contributed by atoms with van der Waals surface area (Å²) in [6, 6.07) is 13.6. The number of methoxy groups -OCH3 is 2. The molecule has 1 saturated carbocycles. The molecule has 8 nitrogen and oxygen atoms in total. The molecule has 6 heterocycles. The van der Waals surface area contributed by atoms with Crippen molar-refractivity contribution in [2.45, 2.75) is 76.3 Å². The number of esters is 1. The predicted molar refractivity (Wildman–Crippen MR) is 197 cm³/mol. The maximum Gasteiger partial charge on any atom is 0.316 e.